The molecule has 0 saturated heterocycles. The lowest BCUT2D eigenvalue weighted by molar-refractivity contribution is 0.00693. The Bertz CT molecular complexity index is 881. The summed E-state index contributed by atoms with van der Waals surface area (Å²) in [6.07, 6.45) is 3.26. The summed E-state index contributed by atoms with van der Waals surface area (Å²) >= 11 is 0. The van der Waals surface area contributed by atoms with E-state index in [0.29, 0.717) is 16.7 Å². The van der Waals surface area contributed by atoms with Crippen LogP contribution in [0.25, 0.3) is 32.0 Å². The molecule has 0 spiro atoms. The van der Waals surface area contributed by atoms with Crippen molar-refractivity contribution in [2.24, 2.45) is 10.2 Å². The number of ether oxygens (including phenoxy) is 1. The number of pyridine rings is 1. The van der Waals surface area contributed by atoms with E-state index in [1.807, 2.05) is 0 Å². The van der Waals surface area contributed by atoms with Crippen LogP contribution in [0.15, 0.2) is 46.9 Å². The van der Waals surface area contributed by atoms with Gasteiger partial charge in [0.1, 0.15) is 5.60 Å². The zero-order valence-corrected chi connectivity index (χ0v) is 15.3. The number of carbonyl (C=O) groups excluding carboxylic acids is 1. The highest BCUT2D eigenvalue weighted by Gasteiger charge is 2.21. The third-order valence-electron chi connectivity index (χ3n) is 3.51. The summed E-state index contributed by atoms with van der Waals surface area (Å²) in [7, 11) is 0. The number of rotatable bonds is 6. The van der Waals surface area contributed by atoms with E-state index in [4.69, 9.17) is 15.8 Å². The van der Waals surface area contributed by atoms with Gasteiger partial charge in [-0.2, -0.15) is 0 Å². The lowest BCUT2D eigenvalue weighted by atomic mass is 9.92. The molecule has 138 valence electrons. The van der Waals surface area contributed by atoms with E-state index in [2.05, 4.69) is 25.0 Å². The van der Waals surface area contributed by atoms with Crippen molar-refractivity contribution in [2.45, 2.75) is 39.5 Å². The molecule has 2 rings (SSSR count). The molecule has 9 nitrogen and oxygen atoms in total. The third kappa shape index (κ3) is 5.47. The molecule has 0 N–H and O–H groups in total. The summed E-state index contributed by atoms with van der Waals surface area (Å²) in [5, 5.41) is 7.27. The van der Waals surface area contributed by atoms with Crippen LogP contribution in [0.2, 0.25) is 0 Å². The van der Waals surface area contributed by atoms with E-state index >= 15 is 0 Å². The Kier molecular flexibility index (Phi) is 6.38. The zero-order chi connectivity index (χ0) is 19.9. The van der Waals surface area contributed by atoms with Crippen molar-refractivity contribution in [3.8, 4) is 11.1 Å². The summed E-state index contributed by atoms with van der Waals surface area (Å²) in [5.41, 5.74) is 19.9. The standard InChI is InChI=1S/C18H19N7O2/c1-18(2,3)27-17(26)13-8-14(10-22-24-19)16(12-4-6-21-7-5-12)15(9-13)11-23-25-20/h4-9H,10-11H2,1-3H3. The number of aromatic nitrogens is 1. The van der Waals surface area contributed by atoms with E-state index in [1.54, 1.807) is 57.4 Å². The second-order valence-corrected chi connectivity index (χ2v) is 6.69. The number of hydrogen-bond acceptors (Lipinski definition) is 5. The smallest absolute Gasteiger partial charge is 0.338 e. The number of benzene rings is 1. The van der Waals surface area contributed by atoms with E-state index in [1.165, 1.54) is 0 Å². The highest BCUT2D eigenvalue weighted by molar-refractivity contribution is 5.91. The predicted octanol–water partition coefficient (Wildman–Crippen LogP) is 5.32. The lowest BCUT2D eigenvalue weighted by Gasteiger charge is -2.21. The molecule has 0 unspecified atom stereocenters. The van der Waals surface area contributed by atoms with E-state index < -0.39 is 11.6 Å². The molecule has 2 aromatic rings. The molecular weight excluding hydrogens is 346 g/mol. The molecule has 0 aliphatic rings. The molecular formula is C18H19N7O2. The zero-order valence-electron chi connectivity index (χ0n) is 15.3. The van der Waals surface area contributed by atoms with Crippen LogP contribution < -0.4 is 0 Å². The van der Waals surface area contributed by atoms with Crippen molar-refractivity contribution in [1.29, 1.82) is 0 Å². The molecule has 9 heteroatoms. The fourth-order valence-electron chi connectivity index (χ4n) is 2.58. The van der Waals surface area contributed by atoms with Crippen molar-refractivity contribution in [1.82, 2.24) is 4.98 Å². The summed E-state index contributed by atoms with van der Waals surface area (Å²) < 4.78 is 5.43. The summed E-state index contributed by atoms with van der Waals surface area (Å²) in [6.45, 7) is 5.40. The molecule has 0 atom stereocenters. The number of esters is 1. The molecule has 0 amide bonds. The molecule has 0 radical (unpaired) electrons. The Labute approximate surface area is 156 Å². The first-order valence-corrected chi connectivity index (χ1v) is 8.17. The first kappa shape index (κ1) is 19.8. The van der Waals surface area contributed by atoms with Crippen molar-refractivity contribution in [3.63, 3.8) is 0 Å². The molecule has 1 aromatic carbocycles. The fourth-order valence-corrected chi connectivity index (χ4v) is 2.58. The maximum atomic E-state index is 12.5. The van der Waals surface area contributed by atoms with Gasteiger partial charge in [0.25, 0.3) is 0 Å². The molecule has 0 aliphatic carbocycles. The first-order chi connectivity index (χ1) is 12.9. The van der Waals surface area contributed by atoms with Gasteiger partial charge in [-0.05, 0) is 78.4 Å². The Hall–Kier alpha value is -3.54. The van der Waals surface area contributed by atoms with Crippen LogP contribution in [0.5, 0.6) is 0 Å². The highest BCUT2D eigenvalue weighted by atomic mass is 16.6. The molecule has 0 fully saturated rings. The maximum Gasteiger partial charge on any atom is 0.338 e. The van der Waals surface area contributed by atoms with Crippen LogP contribution in [0, 0.1) is 0 Å². The quantitative estimate of drug-likeness (QED) is 0.296. The topological polar surface area (TPSA) is 137 Å². The minimum Gasteiger partial charge on any atom is -0.456 e. The van der Waals surface area contributed by atoms with Crippen molar-refractivity contribution in [2.75, 3.05) is 0 Å². The second kappa shape index (κ2) is 8.71. The number of carbonyl (C=O) groups is 1. The van der Waals surface area contributed by atoms with E-state index in [9.17, 15) is 4.79 Å². The molecule has 1 aromatic heterocycles. The minimum absolute atomic E-state index is 0.0358. The SMILES string of the molecule is CC(C)(C)OC(=O)c1cc(CN=[N+]=[N-])c(-c2ccncc2)c(CN=[N+]=[N-])c1. The van der Waals surface area contributed by atoms with Crippen LogP contribution in [0.3, 0.4) is 0 Å². The van der Waals surface area contributed by atoms with Gasteiger partial charge < -0.3 is 4.74 Å². The van der Waals surface area contributed by atoms with Gasteiger partial charge in [-0.15, -0.1) is 0 Å². The normalized spacial score (nSPS) is 10.5. The van der Waals surface area contributed by atoms with Gasteiger partial charge in [0.15, 0.2) is 0 Å². The molecule has 27 heavy (non-hydrogen) atoms. The summed E-state index contributed by atoms with van der Waals surface area (Å²) in [4.78, 5) is 22.1. The van der Waals surface area contributed by atoms with Gasteiger partial charge in [-0.1, -0.05) is 10.2 Å². The van der Waals surface area contributed by atoms with Gasteiger partial charge in [0.2, 0.25) is 0 Å². The van der Waals surface area contributed by atoms with Crippen LogP contribution in [0.1, 0.15) is 42.3 Å². The molecule has 0 bridgehead atoms. The average molecular weight is 365 g/mol. The van der Waals surface area contributed by atoms with Crippen molar-refractivity contribution < 1.29 is 9.53 Å². The number of azide groups is 2. The number of nitrogens with zero attached hydrogens (tertiary/aromatic N) is 7. The van der Waals surface area contributed by atoms with Crippen molar-refractivity contribution in [3.05, 3.63) is 74.2 Å². The van der Waals surface area contributed by atoms with Gasteiger partial charge in [-0.25, -0.2) is 4.79 Å². The maximum absolute atomic E-state index is 12.5. The Balaban J connectivity index is 2.67. The fraction of sp³-hybridized carbons (Fsp3) is 0.333. The Morgan fingerprint density at radius 3 is 2.04 bits per heavy atom. The van der Waals surface area contributed by atoms with Crippen LogP contribution in [-0.2, 0) is 17.8 Å². The highest BCUT2D eigenvalue weighted by Crippen LogP contribution is 2.31. The molecule has 1 heterocycles. The van der Waals surface area contributed by atoms with Gasteiger partial charge in [0, 0.05) is 22.2 Å². The second-order valence-electron chi connectivity index (χ2n) is 6.69. The molecule has 0 saturated carbocycles. The van der Waals surface area contributed by atoms with Crippen LogP contribution >= 0.6 is 0 Å². The van der Waals surface area contributed by atoms with Gasteiger partial charge in [-0.3, -0.25) is 4.98 Å². The minimum atomic E-state index is -0.656. The Morgan fingerprint density at radius 1 is 1.07 bits per heavy atom. The number of hydrogen-bond donors (Lipinski definition) is 0. The monoisotopic (exact) mass is 365 g/mol. The van der Waals surface area contributed by atoms with Crippen LogP contribution in [0.4, 0.5) is 0 Å². The third-order valence-corrected chi connectivity index (χ3v) is 3.51. The molecule has 0 aliphatic heterocycles. The first-order valence-electron chi connectivity index (χ1n) is 8.17. The van der Waals surface area contributed by atoms with Gasteiger partial charge in [0.05, 0.1) is 18.7 Å². The van der Waals surface area contributed by atoms with Gasteiger partial charge >= 0.3 is 5.97 Å². The largest absolute Gasteiger partial charge is 0.456 e. The average Bonchev–Trinajstić information content (AvgIpc) is 2.63. The lowest BCUT2D eigenvalue weighted by Crippen LogP contribution is -2.24. The van der Waals surface area contributed by atoms with Crippen molar-refractivity contribution >= 4 is 5.97 Å². The summed E-state index contributed by atoms with van der Waals surface area (Å²) in [6, 6.07) is 6.86. The van der Waals surface area contributed by atoms with E-state index in [-0.39, 0.29) is 13.1 Å². The summed E-state index contributed by atoms with van der Waals surface area (Å²) in [5.74, 6) is -0.506. The predicted molar refractivity (Wildman–Crippen MR) is 101 cm³/mol. The van der Waals surface area contributed by atoms with Crippen LogP contribution in [-0.4, -0.2) is 16.6 Å². The Morgan fingerprint density at radius 2 is 1.59 bits per heavy atom. The van der Waals surface area contributed by atoms with E-state index in [0.717, 1.165) is 11.1 Å².